The van der Waals surface area contributed by atoms with Crippen molar-refractivity contribution in [3.05, 3.63) is 71.4 Å². The first-order valence-corrected chi connectivity index (χ1v) is 9.29. The largest absolute Gasteiger partial charge is 0.493 e. The summed E-state index contributed by atoms with van der Waals surface area (Å²) in [6.45, 7) is 6.78. The van der Waals surface area contributed by atoms with E-state index in [1.165, 1.54) is 5.56 Å². The van der Waals surface area contributed by atoms with Gasteiger partial charge in [-0.3, -0.25) is 9.89 Å². The van der Waals surface area contributed by atoms with Crippen molar-refractivity contribution in [2.75, 3.05) is 6.61 Å². The second kappa shape index (κ2) is 8.99. The van der Waals surface area contributed by atoms with Crippen LogP contribution in [0.3, 0.4) is 0 Å². The number of nitrogens with one attached hydrogen (secondary N) is 2. The van der Waals surface area contributed by atoms with Crippen molar-refractivity contribution in [3.63, 3.8) is 0 Å². The van der Waals surface area contributed by atoms with Gasteiger partial charge in [-0.25, -0.2) is 5.43 Å². The van der Waals surface area contributed by atoms with E-state index in [1.54, 1.807) is 12.3 Å². The van der Waals surface area contributed by atoms with E-state index < -0.39 is 0 Å². The second-order valence-electron chi connectivity index (χ2n) is 6.62. The molecular formula is C22H24N4O2. The third-order valence-electron chi connectivity index (χ3n) is 4.27. The molecule has 0 aliphatic carbocycles. The van der Waals surface area contributed by atoms with Crippen molar-refractivity contribution in [1.82, 2.24) is 15.6 Å². The van der Waals surface area contributed by atoms with Gasteiger partial charge < -0.3 is 4.74 Å². The van der Waals surface area contributed by atoms with Crippen LogP contribution in [0.5, 0.6) is 5.75 Å². The van der Waals surface area contributed by atoms with Gasteiger partial charge in [0, 0.05) is 5.56 Å². The number of hydrazone groups is 1. The monoisotopic (exact) mass is 376 g/mol. The van der Waals surface area contributed by atoms with Crippen LogP contribution in [0.4, 0.5) is 0 Å². The molecule has 0 bridgehead atoms. The predicted molar refractivity (Wildman–Crippen MR) is 111 cm³/mol. The summed E-state index contributed by atoms with van der Waals surface area (Å²) in [7, 11) is 0. The summed E-state index contributed by atoms with van der Waals surface area (Å²) in [4.78, 5) is 12.3. The summed E-state index contributed by atoms with van der Waals surface area (Å²) in [5.41, 5.74) is 6.49. The van der Waals surface area contributed by atoms with Gasteiger partial charge in [0.05, 0.1) is 18.5 Å². The zero-order valence-corrected chi connectivity index (χ0v) is 16.3. The number of hydrogen-bond donors (Lipinski definition) is 2. The molecule has 2 N–H and O–H groups in total. The maximum absolute atomic E-state index is 12.3. The highest BCUT2D eigenvalue weighted by molar-refractivity contribution is 5.94. The zero-order chi connectivity index (χ0) is 19.9. The molecule has 6 nitrogen and oxygen atoms in total. The normalized spacial score (nSPS) is 11.1. The molecule has 0 saturated heterocycles. The van der Waals surface area contributed by atoms with Gasteiger partial charge in [-0.2, -0.15) is 10.2 Å². The zero-order valence-electron chi connectivity index (χ0n) is 16.3. The molecule has 144 valence electrons. The minimum atomic E-state index is -0.359. The molecule has 0 aliphatic rings. The average Bonchev–Trinajstić information content (AvgIpc) is 3.19. The molecule has 0 fully saturated rings. The molecule has 1 aromatic heterocycles. The fourth-order valence-electron chi connectivity index (χ4n) is 2.73. The Labute approximate surface area is 164 Å². The maximum Gasteiger partial charge on any atom is 0.289 e. The number of carbonyl (C=O) groups is 1. The molecule has 1 heterocycles. The van der Waals surface area contributed by atoms with Crippen LogP contribution in [-0.4, -0.2) is 28.9 Å². The molecule has 0 radical (unpaired) electrons. The third kappa shape index (κ3) is 4.65. The van der Waals surface area contributed by atoms with Gasteiger partial charge in [-0.15, -0.1) is 0 Å². The summed E-state index contributed by atoms with van der Waals surface area (Å²) >= 11 is 0. The van der Waals surface area contributed by atoms with Crippen LogP contribution in [0.15, 0.2) is 59.7 Å². The van der Waals surface area contributed by atoms with Gasteiger partial charge in [0.2, 0.25) is 0 Å². The third-order valence-corrected chi connectivity index (χ3v) is 4.27. The molecule has 3 aromatic rings. The Bertz CT molecular complexity index is 959. The standard InChI is InChI=1S/C22H24N4O2/c1-4-28-21-8-6-5-7-18(21)19-13-20(25-24-19)22(27)26-23-14-16-9-11-17(12-10-16)15(2)3/h5-15H,4H2,1-3H3,(H,24,25)(H,26,27). The fraction of sp³-hybridized carbons (Fsp3) is 0.227. The van der Waals surface area contributed by atoms with Crippen LogP contribution in [0, 0.1) is 0 Å². The summed E-state index contributed by atoms with van der Waals surface area (Å²) < 4.78 is 5.62. The Kier molecular flexibility index (Phi) is 6.22. The quantitative estimate of drug-likeness (QED) is 0.475. The smallest absolute Gasteiger partial charge is 0.289 e. The molecule has 0 atom stereocenters. The van der Waals surface area contributed by atoms with E-state index in [0.29, 0.717) is 23.9 Å². The lowest BCUT2D eigenvalue weighted by Crippen LogP contribution is -2.18. The van der Waals surface area contributed by atoms with Crippen molar-refractivity contribution >= 4 is 12.1 Å². The second-order valence-corrected chi connectivity index (χ2v) is 6.62. The number of hydrogen-bond acceptors (Lipinski definition) is 4. The van der Waals surface area contributed by atoms with E-state index in [0.717, 1.165) is 16.9 Å². The molecule has 28 heavy (non-hydrogen) atoms. The minimum Gasteiger partial charge on any atom is -0.493 e. The van der Waals surface area contributed by atoms with Crippen molar-refractivity contribution < 1.29 is 9.53 Å². The summed E-state index contributed by atoms with van der Waals surface area (Å²) in [5.74, 6) is 0.849. The molecular weight excluding hydrogens is 352 g/mol. The first kappa shape index (κ1) is 19.4. The van der Waals surface area contributed by atoms with Crippen LogP contribution >= 0.6 is 0 Å². The molecule has 0 aliphatic heterocycles. The Hall–Kier alpha value is -3.41. The first-order valence-electron chi connectivity index (χ1n) is 9.29. The number of carbonyl (C=O) groups excluding carboxylic acids is 1. The Morgan fingerprint density at radius 2 is 1.96 bits per heavy atom. The molecule has 1 amide bonds. The van der Waals surface area contributed by atoms with Gasteiger partial charge >= 0.3 is 0 Å². The topological polar surface area (TPSA) is 79.4 Å². The van der Waals surface area contributed by atoms with Crippen LogP contribution in [-0.2, 0) is 0 Å². The molecule has 0 unspecified atom stereocenters. The summed E-state index contributed by atoms with van der Waals surface area (Å²) in [6, 6.07) is 17.3. The van der Waals surface area contributed by atoms with E-state index in [1.807, 2.05) is 43.3 Å². The number of aromatic nitrogens is 2. The number of ether oxygens (including phenoxy) is 1. The van der Waals surface area contributed by atoms with Gasteiger partial charge in [0.15, 0.2) is 0 Å². The number of amides is 1. The van der Waals surface area contributed by atoms with E-state index in [-0.39, 0.29) is 5.91 Å². The van der Waals surface area contributed by atoms with Crippen LogP contribution < -0.4 is 10.2 Å². The number of benzene rings is 2. The van der Waals surface area contributed by atoms with Crippen molar-refractivity contribution in [3.8, 4) is 17.0 Å². The highest BCUT2D eigenvalue weighted by Crippen LogP contribution is 2.28. The molecule has 2 aromatic carbocycles. The Morgan fingerprint density at radius 1 is 1.21 bits per heavy atom. The fourth-order valence-corrected chi connectivity index (χ4v) is 2.73. The number of H-pyrrole nitrogens is 1. The Balaban J connectivity index is 1.66. The SMILES string of the molecule is CCOc1ccccc1-c1cc(C(=O)NN=Cc2ccc(C(C)C)cc2)[nH]n1. The number of rotatable bonds is 7. The van der Waals surface area contributed by atoms with Crippen molar-refractivity contribution in [2.45, 2.75) is 26.7 Å². The van der Waals surface area contributed by atoms with Crippen molar-refractivity contribution in [2.24, 2.45) is 5.10 Å². The van der Waals surface area contributed by atoms with Crippen LogP contribution in [0.25, 0.3) is 11.3 Å². The number of aromatic amines is 1. The predicted octanol–water partition coefficient (Wildman–Crippen LogP) is 4.36. The number of nitrogens with zero attached hydrogens (tertiary/aromatic N) is 2. The lowest BCUT2D eigenvalue weighted by atomic mass is 10.0. The van der Waals surface area contributed by atoms with Crippen LogP contribution in [0.2, 0.25) is 0 Å². The molecule has 6 heteroatoms. The van der Waals surface area contributed by atoms with E-state index >= 15 is 0 Å². The Morgan fingerprint density at radius 3 is 2.68 bits per heavy atom. The van der Waals surface area contributed by atoms with Gasteiger partial charge in [0.25, 0.3) is 5.91 Å². The highest BCUT2D eigenvalue weighted by Gasteiger charge is 2.13. The van der Waals surface area contributed by atoms with E-state index in [4.69, 9.17) is 4.74 Å². The minimum absolute atomic E-state index is 0.327. The lowest BCUT2D eigenvalue weighted by Gasteiger charge is -2.07. The average molecular weight is 376 g/mol. The van der Waals surface area contributed by atoms with Gasteiger partial charge in [-0.05, 0) is 42.2 Å². The van der Waals surface area contributed by atoms with Crippen molar-refractivity contribution in [1.29, 1.82) is 0 Å². The van der Waals surface area contributed by atoms with Crippen LogP contribution in [0.1, 0.15) is 48.3 Å². The van der Waals surface area contributed by atoms with E-state index in [2.05, 4.69) is 46.7 Å². The lowest BCUT2D eigenvalue weighted by molar-refractivity contribution is 0.0950. The summed E-state index contributed by atoms with van der Waals surface area (Å²) in [5, 5.41) is 11.0. The van der Waals surface area contributed by atoms with Gasteiger partial charge in [-0.1, -0.05) is 50.2 Å². The van der Waals surface area contributed by atoms with Gasteiger partial charge in [0.1, 0.15) is 11.4 Å². The first-order chi connectivity index (χ1) is 13.6. The van der Waals surface area contributed by atoms with E-state index in [9.17, 15) is 4.79 Å². The summed E-state index contributed by atoms with van der Waals surface area (Å²) in [6.07, 6.45) is 1.61. The number of para-hydroxylation sites is 1. The molecule has 3 rings (SSSR count). The highest BCUT2D eigenvalue weighted by atomic mass is 16.5. The maximum atomic E-state index is 12.3. The molecule has 0 spiro atoms. The molecule has 0 saturated carbocycles.